The summed E-state index contributed by atoms with van der Waals surface area (Å²) in [6.07, 6.45) is 0.742. The summed E-state index contributed by atoms with van der Waals surface area (Å²) in [5.41, 5.74) is 7.44. The predicted molar refractivity (Wildman–Crippen MR) is 412 cm³/mol. The molecule has 10 aromatic carbocycles. The number of fused-ring (bicyclic) bond motifs is 1. The van der Waals surface area contributed by atoms with Gasteiger partial charge in [-0.2, -0.15) is 0 Å². The Balaban J connectivity index is 0.000000185. The van der Waals surface area contributed by atoms with Crippen molar-refractivity contribution in [2.45, 2.75) is 81.4 Å². The lowest BCUT2D eigenvalue weighted by Crippen LogP contribution is -2.31. The normalized spacial score (nSPS) is 10.4. The van der Waals surface area contributed by atoms with E-state index in [-0.39, 0.29) is 91.1 Å². The van der Waals surface area contributed by atoms with Crippen LogP contribution in [0, 0.1) is 0 Å². The Morgan fingerprint density at radius 3 is 1.13 bits per heavy atom. The van der Waals surface area contributed by atoms with Gasteiger partial charge in [-0.1, -0.05) is 291 Å². The second kappa shape index (κ2) is 37.0. The van der Waals surface area contributed by atoms with Crippen LogP contribution >= 0.6 is 46.1 Å². The second-order valence-electron chi connectivity index (χ2n) is 21.9. The van der Waals surface area contributed by atoms with E-state index in [1.54, 1.807) is 11.1 Å². The van der Waals surface area contributed by atoms with Gasteiger partial charge in [-0.25, -0.2) is 53.3 Å². The molecule has 0 bridgehead atoms. The molecule has 0 unspecified atom stereocenters. The van der Waals surface area contributed by atoms with Crippen LogP contribution in [0.15, 0.2) is 317 Å². The molecule has 0 fully saturated rings. The van der Waals surface area contributed by atoms with Crippen LogP contribution in [-0.2, 0) is 45.7 Å². The number of nitrogens with zero attached hydrogens (tertiary/aromatic N) is 8. The molecule has 0 aliphatic rings. The molecule has 0 aliphatic heterocycles. The molecule has 0 N–H and O–H groups in total. The van der Waals surface area contributed by atoms with Crippen LogP contribution in [0.25, 0.3) is 16.5 Å². The lowest BCUT2D eigenvalue weighted by Gasteiger charge is -2.17. The molecule has 21 heteroatoms. The highest BCUT2D eigenvalue weighted by Crippen LogP contribution is 2.27. The SMILES string of the molecule is C.C.C.C.COc1ccc(Cn2sc(=O)n(Cc3ccccc3)c2=O)cc1.O=c1sn(-c2cccc3ccccc23)c(=O)n1Cc1ccccc1.O=c1sn(C(c2ccccc2)c2ccccc2)c(=O)n1Cc1ccccc1.O=c1sn(CCc2ccccc2)c(=O)n1Cc1ccccc1. The molecule has 0 radical (unpaired) electrons. The predicted octanol–water partition coefficient (Wildman–Crippen LogP) is 14.1. The van der Waals surface area contributed by atoms with Crippen LogP contribution in [0.3, 0.4) is 0 Å². The van der Waals surface area contributed by atoms with Gasteiger partial charge in [0.25, 0.3) is 0 Å². The van der Waals surface area contributed by atoms with Gasteiger partial charge in [0.15, 0.2) is 0 Å². The molecule has 0 saturated carbocycles. The molecule has 0 aliphatic carbocycles. The van der Waals surface area contributed by atoms with Crippen molar-refractivity contribution in [1.82, 2.24) is 34.1 Å². The molecule has 0 atom stereocenters. The zero-order valence-electron chi connectivity index (χ0n) is 52.0. The van der Waals surface area contributed by atoms with Crippen molar-refractivity contribution in [2.75, 3.05) is 7.11 Å². The zero-order valence-corrected chi connectivity index (χ0v) is 55.2. The summed E-state index contributed by atoms with van der Waals surface area (Å²) in [6, 6.07) is 88.4. The van der Waals surface area contributed by atoms with Crippen LogP contribution in [0.2, 0.25) is 0 Å². The monoisotopic (exact) mass is 1410 g/mol. The number of methoxy groups -OCH3 is 1. The third kappa shape index (κ3) is 19.2. The highest BCUT2D eigenvalue weighted by Gasteiger charge is 2.23. The maximum atomic E-state index is 13.1. The van der Waals surface area contributed by atoms with Crippen molar-refractivity contribution in [3.8, 4) is 11.4 Å². The maximum absolute atomic E-state index is 13.1. The molecular formula is C79H80N8O9S4. The topological polar surface area (TPSA) is 185 Å². The van der Waals surface area contributed by atoms with Gasteiger partial charge in [-0.15, -0.1) is 0 Å². The zero-order chi connectivity index (χ0) is 66.8. The van der Waals surface area contributed by atoms with E-state index >= 15 is 0 Å². The van der Waals surface area contributed by atoms with Crippen molar-refractivity contribution < 1.29 is 4.74 Å². The average molecular weight is 1410 g/mol. The van der Waals surface area contributed by atoms with E-state index in [9.17, 15) is 38.4 Å². The van der Waals surface area contributed by atoms with E-state index < -0.39 is 0 Å². The number of ether oxygens (including phenoxy) is 1. The lowest BCUT2D eigenvalue weighted by molar-refractivity contribution is 0.414. The minimum Gasteiger partial charge on any atom is -0.497 e. The summed E-state index contributed by atoms with van der Waals surface area (Å²) < 4.78 is 16.3. The standard InChI is InChI=1S/C22H18N2O2S.C19H14N2O2S.C17H16N2O3S.C17H16N2O2S.4CH4/c25-21-23(16-17-10-4-1-5-11-17)22(26)27-24(21)20(18-12-6-2-7-13-18)19-14-8-3-9-15-19;22-18-20(13-14-7-2-1-3-8-14)19(23)24-21(18)17-12-6-10-15-9-4-5-11-16(15)17;1-22-15-9-7-14(8-10-15)12-19-16(20)18(17(21)23-19)11-13-5-3-2-4-6-13;20-16-18(13-15-9-5-2-6-10-15)17(21)22-19(16)12-11-14-7-3-1-4-8-14;;;;/h1-15,20H,16H2;1-12H,13H2;2-10H,11-12H2,1H3;1-10H,11-13H2;4*1H4. The van der Waals surface area contributed by atoms with E-state index in [0.29, 0.717) is 26.2 Å². The molecular weight excluding hydrogens is 1330 g/mol. The smallest absolute Gasteiger partial charge is 0.346 e. The van der Waals surface area contributed by atoms with Crippen LogP contribution in [0.4, 0.5) is 0 Å². The van der Waals surface area contributed by atoms with E-state index in [4.69, 9.17) is 4.74 Å². The van der Waals surface area contributed by atoms with Gasteiger partial charge in [0, 0.05) is 58.1 Å². The number of aryl methyl sites for hydroxylation is 2. The average Bonchev–Trinajstić information content (AvgIpc) is 1.60. The fourth-order valence-corrected chi connectivity index (χ4v) is 13.9. The largest absolute Gasteiger partial charge is 0.497 e. The van der Waals surface area contributed by atoms with E-state index in [0.717, 1.165) is 119 Å². The number of hydrogen-bond donors (Lipinski definition) is 0. The maximum Gasteiger partial charge on any atom is 0.346 e. The first-order valence-corrected chi connectivity index (χ1v) is 33.7. The first kappa shape index (κ1) is 76.3. The molecule has 514 valence electrons. The van der Waals surface area contributed by atoms with Crippen molar-refractivity contribution in [3.63, 3.8) is 0 Å². The Bertz CT molecular complexity index is 5280. The summed E-state index contributed by atoms with van der Waals surface area (Å²) in [7, 11) is 1.61. The lowest BCUT2D eigenvalue weighted by atomic mass is 9.99. The van der Waals surface area contributed by atoms with Crippen LogP contribution in [0.5, 0.6) is 5.75 Å². The first-order valence-electron chi connectivity index (χ1n) is 30.6. The van der Waals surface area contributed by atoms with Gasteiger partial charge < -0.3 is 4.74 Å². The van der Waals surface area contributed by atoms with Gasteiger partial charge in [0.05, 0.1) is 51.6 Å². The number of aromatic nitrogens is 8. The number of rotatable bonds is 18. The van der Waals surface area contributed by atoms with E-state index in [1.807, 2.05) is 279 Å². The van der Waals surface area contributed by atoms with Crippen molar-refractivity contribution in [2.24, 2.45) is 0 Å². The van der Waals surface area contributed by atoms with Crippen LogP contribution in [0.1, 0.15) is 80.3 Å². The van der Waals surface area contributed by atoms with Crippen LogP contribution < -0.4 is 47.0 Å². The van der Waals surface area contributed by atoms with E-state index in [2.05, 4.69) is 0 Å². The van der Waals surface area contributed by atoms with Gasteiger partial charge in [-0.3, -0.25) is 19.2 Å². The Morgan fingerprint density at radius 1 is 0.320 bits per heavy atom. The summed E-state index contributed by atoms with van der Waals surface area (Å²) in [5, 5.41) is 1.99. The number of hydrogen-bond acceptors (Lipinski definition) is 13. The van der Waals surface area contributed by atoms with Gasteiger partial charge in [-0.05, 0) is 74.5 Å². The molecule has 4 aromatic heterocycles. The van der Waals surface area contributed by atoms with E-state index in [1.165, 1.54) is 30.1 Å². The molecule has 14 rings (SSSR count). The minimum atomic E-state index is -0.324. The quantitative estimate of drug-likeness (QED) is 0.0806. The second-order valence-corrected chi connectivity index (χ2v) is 25.7. The first-order chi connectivity index (χ1) is 46.9. The molecule has 14 aromatic rings. The van der Waals surface area contributed by atoms with Crippen molar-refractivity contribution >= 4 is 56.9 Å². The fourth-order valence-electron chi connectivity index (χ4n) is 10.6. The van der Waals surface area contributed by atoms with Gasteiger partial charge >= 0.3 is 42.3 Å². The molecule has 100 heavy (non-hydrogen) atoms. The molecule has 0 spiro atoms. The van der Waals surface area contributed by atoms with Gasteiger partial charge in [0.1, 0.15) is 5.75 Å². The van der Waals surface area contributed by atoms with Crippen LogP contribution in [-0.4, -0.2) is 41.2 Å². The van der Waals surface area contributed by atoms with Crippen molar-refractivity contribution in [1.29, 1.82) is 0 Å². The van der Waals surface area contributed by atoms with Gasteiger partial charge in [0.2, 0.25) is 0 Å². The molecule has 4 heterocycles. The Morgan fingerprint density at radius 2 is 0.670 bits per heavy atom. The molecule has 17 nitrogen and oxygen atoms in total. The highest BCUT2D eigenvalue weighted by atomic mass is 32.1. The summed E-state index contributed by atoms with van der Waals surface area (Å²) >= 11 is 3.85. The highest BCUT2D eigenvalue weighted by molar-refractivity contribution is 7.04. The minimum absolute atomic E-state index is 0. The summed E-state index contributed by atoms with van der Waals surface area (Å²) in [5.74, 6) is 0.760. The third-order valence-corrected chi connectivity index (χ3v) is 19.1. The molecule has 0 saturated heterocycles. The summed E-state index contributed by atoms with van der Waals surface area (Å²) in [6.45, 7) is 2.10. The summed E-state index contributed by atoms with van der Waals surface area (Å²) in [4.78, 5) is 98.8. The Hall–Kier alpha value is -11.1. The fraction of sp³-hybridized carbons (Fsp3) is 0.165. The van der Waals surface area contributed by atoms with Crippen molar-refractivity contribution in [3.05, 3.63) is 404 Å². The third-order valence-electron chi connectivity index (χ3n) is 15.4. The Labute approximate surface area is 596 Å². The number of benzene rings is 10. The molecule has 0 amide bonds. The Kier molecular flexibility index (Phi) is 28.2.